The molecule has 4 nitrogen and oxygen atoms in total. The molecule has 1 aromatic carbocycles. The molecule has 0 aromatic heterocycles. The molecule has 0 unspecified atom stereocenters. The van der Waals surface area contributed by atoms with E-state index in [9.17, 15) is 4.79 Å². The first-order chi connectivity index (χ1) is 12.0. The minimum atomic E-state index is 0.00189. The second kappa shape index (κ2) is 12.1. The lowest BCUT2D eigenvalue weighted by Crippen LogP contribution is -2.00. The van der Waals surface area contributed by atoms with Gasteiger partial charge in [0, 0.05) is 19.6 Å². The van der Waals surface area contributed by atoms with Gasteiger partial charge in [0.2, 0.25) is 0 Å². The van der Waals surface area contributed by atoms with Gasteiger partial charge in [-0.2, -0.15) is 0 Å². The van der Waals surface area contributed by atoms with Crippen molar-refractivity contribution in [1.29, 1.82) is 0 Å². The first-order valence-corrected chi connectivity index (χ1v) is 9.68. The molecule has 0 aliphatic heterocycles. The van der Waals surface area contributed by atoms with Crippen LogP contribution in [0.1, 0.15) is 45.6 Å². The summed E-state index contributed by atoms with van der Waals surface area (Å²) in [5.74, 6) is 0.574. The molecule has 0 aliphatic rings. The van der Waals surface area contributed by atoms with Gasteiger partial charge in [-0.25, -0.2) is 0 Å². The molecule has 0 amide bonds. The molecule has 1 aromatic rings. The van der Waals surface area contributed by atoms with Crippen molar-refractivity contribution < 1.29 is 14.6 Å². The highest BCUT2D eigenvalue weighted by Crippen LogP contribution is 2.29. The zero-order valence-electron chi connectivity index (χ0n) is 15.0. The number of aliphatic imine (C=N–C) groups is 1. The topological polar surface area (TPSA) is 58.9 Å². The highest BCUT2D eigenvalue weighted by molar-refractivity contribution is 8.18. The summed E-state index contributed by atoms with van der Waals surface area (Å²) in [7, 11) is 0. The van der Waals surface area contributed by atoms with E-state index >= 15 is 0 Å². The number of nitrogens with zero attached hydrogens (tertiary/aromatic N) is 1. The van der Waals surface area contributed by atoms with Crippen LogP contribution in [0.3, 0.4) is 0 Å². The molecular formula is C19H26ClNO3S. The molecule has 0 fully saturated rings. The average Bonchev–Trinajstić information content (AvgIpc) is 2.59. The summed E-state index contributed by atoms with van der Waals surface area (Å²) in [4.78, 5) is 17.1. The van der Waals surface area contributed by atoms with Crippen molar-refractivity contribution in [3.05, 3.63) is 33.7 Å². The van der Waals surface area contributed by atoms with E-state index in [1.807, 2.05) is 19.1 Å². The number of ether oxygens (including phenoxy) is 1. The minimum absolute atomic E-state index is 0.00189. The number of carbonyl (C=O) groups is 1. The molecule has 1 N–H and O–H groups in total. The number of carbonyl (C=O) groups excluding carboxylic acids is 1. The second-order valence-corrected chi connectivity index (χ2v) is 6.93. The van der Waals surface area contributed by atoms with Crippen LogP contribution in [0.25, 0.3) is 6.08 Å². The number of benzene rings is 1. The maximum absolute atomic E-state index is 12.0. The quantitative estimate of drug-likeness (QED) is 0.268. The highest BCUT2D eigenvalue weighted by atomic mass is 35.5. The molecule has 0 saturated carbocycles. The van der Waals surface area contributed by atoms with Crippen LogP contribution >= 0.6 is 23.4 Å². The Hall–Kier alpha value is -1.30. The van der Waals surface area contributed by atoms with E-state index in [1.54, 1.807) is 19.1 Å². The Labute approximate surface area is 159 Å². The number of thioether (sulfide) groups is 1. The van der Waals surface area contributed by atoms with Gasteiger partial charge >= 0.3 is 0 Å². The van der Waals surface area contributed by atoms with E-state index in [0.717, 1.165) is 30.0 Å². The maximum Gasteiger partial charge on any atom is 0.166 e. The Balaban J connectivity index is 2.95. The highest BCUT2D eigenvalue weighted by Gasteiger charge is 2.10. The Bertz CT molecular complexity index is 629. The van der Waals surface area contributed by atoms with Crippen LogP contribution < -0.4 is 4.74 Å². The second-order valence-electron chi connectivity index (χ2n) is 5.41. The lowest BCUT2D eigenvalue weighted by Gasteiger charge is -2.09. The summed E-state index contributed by atoms with van der Waals surface area (Å²) in [5, 5.41) is 10.2. The van der Waals surface area contributed by atoms with Gasteiger partial charge in [-0.15, -0.1) is 0 Å². The van der Waals surface area contributed by atoms with Crippen molar-refractivity contribution >= 4 is 40.3 Å². The maximum atomic E-state index is 12.0. The zero-order valence-corrected chi connectivity index (χ0v) is 16.6. The molecule has 0 aliphatic carbocycles. The average molecular weight is 384 g/mol. The van der Waals surface area contributed by atoms with E-state index in [-0.39, 0.29) is 12.4 Å². The van der Waals surface area contributed by atoms with Gasteiger partial charge in [-0.05, 0) is 43.5 Å². The van der Waals surface area contributed by atoms with E-state index in [4.69, 9.17) is 21.4 Å². The monoisotopic (exact) mass is 383 g/mol. The molecule has 138 valence electrons. The summed E-state index contributed by atoms with van der Waals surface area (Å²) in [6.07, 6.45) is 4.16. The first-order valence-electron chi connectivity index (χ1n) is 8.48. The molecule has 0 heterocycles. The summed E-state index contributed by atoms with van der Waals surface area (Å²) >= 11 is 7.66. The van der Waals surface area contributed by atoms with Gasteiger partial charge < -0.3 is 9.84 Å². The van der Waals surface area contributed by atoms with Crippen LogP contribution in [0.2, 0.25) is 5.02 Å². The number of aliphatic hydroxyl groups excluding tert-OH is 1. The van der Waals surface area contributed by atoms with Crippen molar-refractivity contribution in [2.45, 2.75) is 40.0 Å². The molecule has 6 heteroatoms. The van der Waals surface area contributed by atoms with Crippen molar-refractivity contribution in [3.8, 4) is 5.75 Å². The SMILES string of the molecule is CCCN=C(CC)S/C(=C\c1ccc(OCCCO)c(Cl)c1)C(C)=O. The molecule has 25 heavy (non-hydrogen) atoms. The summed E-state index contributed by atoms with van der Waals surface area (Å²) in [6, 6.07) is 5.41. The lowest BCUT2D eigenvalue weighted by molar-refractivity contribution is -0.112. The van der Waals surface area contributed by atoms with Crippen molar-refractivity contribution in [1.82, 2.24) is 0 Å². The molecule has 0 atom stereocenters. The molecular weight excluding hydrogens is 358 g/mol. The Morgan fingerprint density at radius 2 is 2.16 bits per heavy atom. The standard InChI is InChI=1S/C19H26ClNO3S/c1-4-9-21-19(5-2)25-18(14(3)23)13-15-7-8-17(16(20)12-15)24-11-6-10-22/h7-8,12-13,22H,4-6,9-11H2,1-3H3/b18-13-,21-19?. The van der Waals surface area contributed by atoms with Crippen molar-refractivity contribution in [2.75, 3.05) is 19.8 Å². The first kappa shape index (κ1) is 21.7. The predicted octanol–water partition coefficient (Wildman–Crippen LogP) is 4.98. The van der Waals surface area contributed by atoms with Gasteiger partial charge in [-0.1, -0.05) is 43.3 Å². The van der Waals surface area contributed by atoms with Crippen LogP contribution in [-0.4, -0.2) is 35.7 Å². The molecule has 0 saturated heterocycles. The van der Waals surface area contributed by atoms with E-state index < -0.39 is 0 Å². The van der Waals surface area contributed by atoms with Gasteiger partial charge in [0.1, 0.15) is 5.75 Å². The van der Waals surface area contributed by atoms with Gasteiger partial charge in [0.05, 0.1) is 21.6 Å². The largest absolute Gasteiger partial charge is 0.492 e. The number of halogens is 1. The molecule has 0 spiro atoms. The van der Waals surface area contributed by atoms with Crippen LogP contribution in [0.4, 0.5) is 0 Å². The Morgan fingerprint density at radius 3 is 2.72 bits per heavy atom. The molecule has 0 radical (unpaired) electrons. The van der Waals surface area contributed by atoms with E-state index in [1.165, 1.54) is 11.8 Å². The fraction of sp³-hybridized carbons (Fsp3) is 0.474. The summed E-state index contributed by atoms with van der Waals surface area (Å²) in [5.41, 5.74) is 0.836. The number of hydrogen-bond acceptors (Lipinski definition) is 5. The molecule has 0 bridgehead atoms. The Kier molecular flexibility index (Phi) is 10.5. The summed E-state index contributed by atoms with van der Waals surface area (Å²) < 4.78 is 5.51. The zero-order chi connectivity index (χ0) is 18.7. The number of Topliss-reactive ketones (excluding diaryl/α,β-unsaturated/α-hetero) is 1. The smallest absolute Gasteiger partial charge is 0.166 e. The van der Waals surface area contributed by atoms with Gasteiger partial charge in [0.15, 0.2) is 5.78 Å². The fourth-order valence-corrected chi connectivity index (χ4v) is 3.04. The Morgan fingerprint density at radius 1 is 1.40 bits per heavy atom. The molecule has 1 rings (SSSR count). The predicted molar refractivity (Wildman–Crippen MR) is 108 cm³/mol. The fourth-order valence-electron chi connectivity index (χ4n) is 1.90. The van der Waals surface area contributed by atoms with Gasteiger partial charge in [0.25, 0.3) is 0 Å². The van der Waals surface area contributed by atoms with Crippen LogP contribution in [-0.2, 0) is 4.79 Å². The van der Waals surface area contributed by atoms with Crippen LogP contribution in [0, 0.1) is 0 Å². The van der Waals surface area contributed by atoms with Gasteiger partial charge in [-0.3, -0.25) is 9.79 Å². The van der Waals surface area contributed by atoms with Crippen LogP contribution in [0.15, 0.2) is 28.1 Å². The lowest BCUT2D eigenvalue weighted by atomic mass is 10.2. The number of rotatable bonds is 10. The number of hydrogen-bond donors (Lipinski definition) is 1. The van der Waals surface area contributed by atoms with E-state index in [0.29, 0.717) is 28.7 Å². The minimum Gasteiger partial charge on any atom is -0.492 e. The van der Waals surface area contributed by atoms with Crippen molar-refractivity contribution in [2.24, 2.45) is 4.99 Å². The number of ketones is 1. The number of aliphatic hydroxyl groups is 1. The normalized spacial score (nSPS) is 12.4. The number of allylic oxidation sites excluding steroid dienone is 1. The van der Waals surface area contributed by atoms with Crippen LogP contribution in [0.5, 0.6) is 5.75 Å². The van der Waals surface area contributed by atoms with Crippen molar-refractivity contribution in [3.63, 3.8) is 0 Å². The third-order valence-corrected chi connectivity index (χ3v) is 4.78. The van der Waals surface area contributed by atoms with E-state index in [2.05, 4.69) is 11.9 Å². The third-order valence-electron chi connectivity index (χ3n) is 3.20. The summed E-state index contributed by atoms with van der Waals surface area (Å²) in [6.45, 7) is 6.93. The third kappa shape index (κ3) is 8.08.